The molecule has 0 heterocycles. The predicted molar refractivity (Wildman–Crippen MR) is 65.7 cm³/mol. The molecule has 2 rings (SSSR count). The van der Waals surface area contributed by atoms with Crippen molar-refractivity contribution >= 4 is 16.7 Å². The van der Waals surface area contributed by atoms with Crippen LogP contribution >= 0.6 is 0 Å². The molecule has 0 amide bonds. The fourth-order valence-corrected chi connectivity index (χ4v) is 1.80. The van der Waals surface area contributed by atoms with Crippen LogP contribution < -0.4 is 0 Å². The minimum atomic E-state index is -1.22. The van der Waals surface area contributed by atoms with Gasteiger partial charge >= 0.3 is 5.97 Å². The first kappa shape index (κ1) is 11.6. The summed E-state index contributed by atoms with van der Waals surface area (Å²) in [7, 11) is 1.26. The second-order valence-electron chi connectivity index (χ2n) is 4.04. The van der Waals surface area contributed by atoms with Crippen molar-refractivity contribution in [2.45, 2.75) is 13.0 Å². The van der Waals surface area contributed by atoms with E-state index in [-0.39, 0.29) is 0 Å². The molecule has 0 spiro atoms. The van der Waals surface area contributed by atoms with Crippen molar-refractivity contribution in [3.05, 3.63) is 47.5 Å². The van der Waals surface area contributed by atoms with E-state index in [1.165, 1.54) is 12.7 Å². The Morgan fingerprint density at radius 1 is 1.18 bits per heavy atom. The lowest BCUT2D eigenvalue weighted by Gasteiger charge is -2.09. The van der Waals surface area contributed by atoms with Gasteiger partial charge in [0.15, 0.2) is 6.10 Å². The molecule has 0 aliphatic heterocycles. The first-order valence-electron chi connectivity index (χ1n) is 5.38. The van der Waals surface area contributed by atoms with E-state index >= 15 is 0 Å². The summed E-state index contributed by atoms with van der Waals surface area (Å²) in [6.07, 6.45) is -1.22. The minimum absolute atomic E-state index is 0.549. The van der Waals surface area contributed by atoms with E-state index in [0.717, 1.165) is 10.8 Å². The summed E-state index contributed by atoms with van der Waals surface area (Å²) < 4.78 is 4.51. The van der Waals surface area contributed by atoms with Gasteiger partial charge in [0.2, 0.25) is 0 Å². The number of carbonyl (C=O) groups is 1. The van der Waals surface area contributed by atoms with Gasteiger partial charge in [-0.1, -0.05) is 35.9 Å². The number of aryl methyl sites for hydroxylation is 1. The molecule has 0 aromatic heterocycles. The van der Waals surface area contributed by atoms with Gasteiger partial charge in [0.25, 0.3) is 0 Å². The van der Waals surface area contributed by atoms with Crippen molar-refractivity contribution in [2.75, 3.05) is 7.11 Å². The average molecular weight is 230 g/mol. The highest BCUT2D eigenvalue weighted by Gasteiger charge is 2.17. The standard InChI is InChI=1S/C14H14O3/c1-9-3-4-11-8-12(6-5-10(11)7-9)13(15)14(16)17-2/h3-8,13,15H,1-2H3. The lowest BCUT2D eigenvalue weighted by atomic mass is 10.0. The molecule has 1 unspecified atom stereocenters. The van der Waals surface area contributed by atoms with E-state index in [0.29, 0.717) is 5.56 Å². The maximum atomic E-state index is 11.2. The second-order valence-corrected chi connectivity index (χ2v) is 4.04. The number of fused-ring (bicyclic) bond motifs is 1. The summed E-state index contributed by atoms with van der Waals surface area (Å²) in [5.41, 5.74) is 1.73. The molecule has 3 nitrogen and oxygen atoms in total. The number of methoxy groups -OCH3 is 1. The lowest BCUT2D eigenvalue weighted by Crippen LogP contribution is -2.13. The van der Waals surface area contributed by atoms with Gasteiger partial charge in [0.1, 0.15) is 0 Å². The zero-order valence-electron chi connectivity index (χ0n) is 9.81. The molecule has 1 N–H and O–H groups in total. The van der Waals surface area contributed by atoms with E-state index < -0.39 is 12.1 Å². The van der Waals surface area contributed by atoms with Gasteiger partial charge in [-0.15, -0.1) is 0 Å². The first-order valence-corrected chi connectivity index (χ1v) is 5.38. The maximum Gasteiger partial charge on any atom is 0.339 e. The van der Waals surface area contributed by atoms with E-state index in [9.17, 15) is 9.90 Å². The number of benzene rings is 2. The van der Waals surface area contributed by atoms with Crippen LogP contribution in [0.5, 0.6) is 0 Å². The van der Waals surface area contributed by atoms with Crippen molar-refractivity contribution in [3.8, 4) is 0 Å². The number of esters is 1. The largest absolute Gasteiger partial charge is 0.467 e. The molecule has 88 valence electrons. The Labute approximate surface area is 99.6 Å². The van der Waals surface area contributed by atoms with E-state index in [2.05, 4.69) is 10.8 Å². The third kappa shape index (κ3) is 2.29. The molecule has 0 aliphatic carbocycles. The quantitative estimate of drug-likeness (QED) is 0.805. The Hall–Kier alpha value is -1.87. The number of hydrogen-bond acceptors (Lipinski definition) is 3. The SMILES string of the molecule is COC(=O)C(O)c1ccc2cc(C)ccc2c1. The van der Waals surface area contributed by atoms with Crippen LogP contribution in [0, 0.1) is 6.92 Å². The predicted octanol–water partition coefficient (Wildman–Crippen LogP) is 2.35. The molecular weight excluding hydrogens is 216 g/mol. The Morgan fingerprint density at radius 2 is 1.82 bits per heavy atom. The number of ether oxygens (including phenoxy) is 1. The summed E-state index contributed by atoms with van der Waals surface area (Å²) in [4.78, 5) is 11.2. The third-order valence-corrected chi connectivity index (χ3v) is 2.76. The zero-order chi connectivity index (χ0) is 12.4. The number of hydrogen-bond donors (Lipinski definition) is 1. The van der Waals surface area contributed by atoms with Gasteiger partial charge < -0.3 is 9.84 Å². The number of carbonyl (C=O) groups excluding carboxylic acids is 1. The highest BCUT2D eigenvalue weighted by atomic mass is 16.5. The van der Waals surface area contributed by atoms with Crippen LogP contribution in [0.3, 0.4) is 0 Å². The second kappa shape index (κ2) is 4.55. The molecule has 1 atom stereocenters. The average Bonchev–Trinajstić information content (AvgIpc) is 2.36. The van der Waals surface area contributed by atoms with Gasteiger partial charge in [0.05, 0.1) is 7.11 Å². The third-order valence-electron chi connectivity index (χ3n) is 2.76. The van der Waals surface area contributed by atoms with Gasteiger partial charge in [0, 0.05) is 0 Å². The summed E-state index contributed by atoms with van der Waals surface area (Å²) >= 11 is 0. The summed E-state index contributed by atoms with van der Waals surface area (Å²) in [6, 6.07) is 11.5. The molecule has 0 saturated carbocycles. The molecule has 3 heteroatoms. The van der Waals surface area contributed by atoms with Gasteiger partial charge in [-0.2, -0.15) is 0 Å². The summed E-state index contributed by atoms with van der Waals surface area (Å²) in [5, 5.41) is 11.8. The topological polar surface area (TPSA) is 46.5 Å². The highest BCUT2D eigenvalue weighted by Crippen LogP contribution is 2.22. The van der Waals surface area contributed by atoms with Crippen molar-refractivity contribution in [1.29, 1.82) is 0 Å². The van der Waals surface area contributed by atoms with Crippen LogP contribution in [0.15, 0.2) is 36.4 Å². The Balaban J connectivity index is 2.44. The van der Waals surface area contributed by atoms with Gasteiger partial charge in [-0.3, -0.25) is 0 Å². The van der Waals surface area contributed by atoms with Crippen LogP contribution in [-0.2, 0) is 9.53 Å². The molecule has 17 heavy (non-hydrogen) atoms. The van der Waals surface area contributed by atoms with Crippen molar-refractivity contribution in [3.63, 3.8) is 0 Å². The number of aliphatic hydroxyl groups is 1. The van der Waals surface area contributed by atoms with Crippen LogP contribution in [0.4, 0.5) is 0 Å². The molecule has 0 radical (unpaired) electrons. The zero-order valence-corrected chi connectivity index (χ0v) is 9.81. The van der Waals surface area contributed by atoms with Crippen LogP contribution in [0.25, 0.3) is 10.8 Å². The fourth-order valence-electron chi connectivity index (χ4n) is 1.80. The number of aliphatic hydroxyl groups excluding tert-OH is 1. The Morgan fingerprint density at radius 3 is 2.53 bits per heavy atom. The minimum Gasteiger partial charge on any atom is -0.467 e. The Kier molecular flexibility index (Phi) is 3.11. The maximum absolute atomic E-state index is 11.2. The molecule has 0 bridgehead atoms. The lowest BCUT2D eigenvalue weighted by molar-refractivity contribution is -0.150. The van der Waals surface area contributed by atoms with E-state index in [1.807, 2.05) is 25.1 Å². The van der Waals surface area contributed by atoms with Crippen molar-refractivity contribution in [1.82, 2.24) is 0 Å². The van der Waals surface area contributed by atoms with E-state index in [1.54, 1.807) is 12.1 Å². The van der Waals surface area contributed by atoms with Gasteiger partial charge in [-0.05, 0) is 29.3 Å². The van der Waals surface area contributed by atoms with Gasteiger partial charge in [-0.25, -0.2) is 4.79 Å². The molecule has 0 fully saturated rings. The van der Waals surface area contributed by atoms with Crippen LogP contribution in [0.1, 0.15) is 17.2 Å². The smallest absolute Gasteiger partial charge is 0.339 e. The van der Waals surface area contributed by atoms with Crippen molar-refractivity contribution < 1.29 is 14.6 Å². The normalized spacial score (nSPS) is 12.4. The molecule has 2 aromatic carbocycles. The Bertz CT molecular complexity index is 560. The summed E-state index contributed by atoms with van der Waals surface area (Å²) in [6.45, 7) is 2.02. The fraction of sp³-hybridized carbons (Fsp3) is 0.214. The highest BCUT2D eigenvalue weighted by molar-refractivity contribution is 5.85. The molecule has 0 saturated heterocycles. The molecular formula is C14H14O3. The van der Waals surface area contributed by atoms with E-state index in [4.69, 9.17) is 0 Å². The summed E-state index contributed by atoms with van der Waals surface area (Å²) in [5.74, 6) is -0.642. The molecule has 2 aromatic rings. The van der Waals surface area contributed by atoms with Crippen LogP contribution in [0.2, 0.25) is 0 Å². The molecule has 0 aliphatic rings. The van der Waals surface area contributed by atoms with Crippen LogP contribution in [-0.4, -0.2) is 18.2 Å². The number of rotatable bonds is 2. The van der Waals surface area contributed by atoms with Crippen molar-refractivity contribution in [2.24, 2.45) is 0 Å². The first-order chi connectivity index (χ1) is 8.11. The monoisotopic (exact) mass is 230 g/mol.